The molecular formula is C18H24N4O2. The zero-order chi connectivity index (χ0) is 16.8. The van der Waals surface area contributed by atoms with E-state index in [1.165, 1.54) is 6.42 Å². The molecule has 1 atom stereocenters. The zero-order valence-corrected chi connectivity index (χ0v) is 14.1. The molecule has 1 aromatic carbocycles. The van der Waals surface area contributed by atoms with Gasteiger partial charge in [0.25, 0.3) is 0 Å². The minimum atomic E-state index is -0.503. The van der Waals surface area contributed by atoms with Crippen LogP contribution in [0, 0.1) is 0 Å². The molecule has 6 heteroatoms. The van der Waals surface area contributed by atoms with Gasteiger partial charge in [0.1, 0.15) is 11.9 Å². The summed E-state index contributed by atoms with van der Waals surface area (Å²) in [4.78, 5) is 12.2. The molecule has 0 bridgehead atoms. The first-order valence-corrected chi connectivity index (χ1v) is 8.58. The van der Waals surface area contributed by atoms with Crippen LogP contribution in [0.25, 0.3) is 0 Å². The van der Waals surface area contributed by atoms with Crippen LogP contribution in [0.4, 0.5) is 0 Å². The molecule has 1 aliphatic rings. The van der Waals surface area contributed by atoms with E-state index in [9.17, 15) is 4.79 Å². The van der Waals surface area contributed by atoms with Gasteiger partial charge in [-0.3, -0.25) is 4.79 Å². The van der Waals surface area contributed by atoms with Crippen LogP contribution in [-0.2, 0) is 35.6 Å². The molecule has 1 amide bonds. The number of carbonyl (C=O) groups excluding carboxylic acids is 1. The van der Waals surface area contributed by atoms with Gasteiger partial charge in [-0.1, -0.05) is 36.8 Å². The second-order valence-corrected chi connectivity index (χ2v) is 6.15. The Hall–Kier alpha value is -2.21. The lowest BCUT2D eigenvalue weighted by Crippen LogP contribution is -2.34. The van der Waals surface area contributed by atoms with Crippen molar-refractivity contribution in [3.8, 4) is 0 Å². The van der Waals surface area contributed by atoms with Crippen molar-refractivity contribution >= 4 is 5.91 Å². The van der Waals surface area contributed by atoms with Crippen molar-refractivity contribution in [2.24, 2.45) is 0 Å². The van der Waals surface area contributed by atoms with Crippen molar-refractivity contribution in [1.82, 2.24) is 20.1 Å². The van der Waals surface area contributed by atoms with Gasteiger partial charge < -0.3 is 14.6 Å². The number of hydrogen-bond donors (Lipinski definition) is 1. The average molecular weight is 328 g/mol. The largest absolute Gasteiger partial charge is 0.364 e. The molecule has 1 aliphatic heterocycles. The van der Waals surface area contributed by atoms with Crippen LogP contribution in [0.1, 0.15) is 43.4 Å². The molecule has 0 radical (unpaired) electrons. The fourth-order valence-electron chi connectivity index (χ4n) is 2.86. The Kier molecular flexibility index (Phi) is 5.59. The van der Waals surface area contributed by atoms with Crippen LogP contribution >= 0.6 is 0 Å². The molecule has 0 saturated heterocycles. The van der Waals surface area contributed by atoms with E-state index in [4.69, 9.17) is 4.74 Å². The molecule has 24 heavy (non-hydrogen) atoms. The molecule has 0 aliphatic carbocycles. The predicted molar refractivity (Wildman–Crippen MR) is 90.1 cm³/mol. The molecule has 6 nitrogen and oxygen atoms in total. The lowest BCUT2D eigenvalue weighted by atomic mass is 10.2. The number of aryl methyl sites for hydroxylation is 1. The number of nitrogens with one attached hydrogen (secondary N) is 1. The quantitative estimate of drug-likeness (QED) is 0.883. The highest BCUT2D eigenvalue weighted by Crippen LogP contribution is 2.14. The second-order valence-electron chi connectivity index (χ2n) is 6.15. The van der Waals surface area contributed by atoms with E-state index in [-0.39, 0.29) is 5.91 Å². The van der Waals surface area contributed by atoms with Crippen LogP contribution in [-0.4, -0.2) is 26.8 Å². The number of ether oxygens (including phenoxy) is 1. The standard InChI is InChI=1S/C18H24N4O2/c1-14(24-13-15-8-4-2-5-9-15)18(23)19-12-17-21-20-16-10-6-3-7-11-22(16)17/h2,4-5,8-9,14H,3,6-7,10-13H2,1H3,(H,19,23)/t14-/m0/s1. The van der Waals surface area contributed by atoms with Gasteiger partial charge in [0.05, 0.1) is 13.2 Å². The number of nitrogens with zero attached hydrogens (tertiary/aromatic N) is 3. The second kappa shape index (κ2) is 8.06. The van der Waals surface area contributed by atoms with E-state index in [1.807, 2.05) is 30.3 Å². The maximum atomic E-state index is 12.2. The fraction of sp³-hybridized carbons (Fsp3) is 0.500. The van der Waals surface area contributed by atoms with Crippen molar-refractivity contribution in [3.63, 3.8) is 0 Å². The highest BCUT2D eigenvalue weighted by molar-refractivity contribution is 5.80. The SMILES string of the molecule is C[C@H](OCc1ccccc1)C(=O)NCc1nnc2n1CCCCC2. The van der Waals surface area contributed by atoms with E-state index < -0.39 is 6.10 Å². The monoisotopic (exact) mass is 328 g/mol. The van der Waals surface area contributed by atoms with Gasteiger partial charge >= 0.3 is 0 Å². The molecule has 2 heterocycles. The predicted octanol–water partition coefficient (Wildman–Crippen LogP) is 2.23. The van der Waals surface area contributed by atoms with Gasteiger partial charge in [-0.2, -0.15) is 0 Å². The minimum Gasteiger partial charge on any atom is -0.364 e. The highest BCUT2D eigenvalue weighted by atomic mass is 16.5. The summed E-state index contributed by atoms with van der Waals surface area (Å²) in [7, 11) is 0. The fourth-order valence-corrected chi connectivity index (χ4v) is 2.86. The third-order valence-corrected chi connectivity index (χ3v) is 4.32. The summed E-state index contributed by atoms with van der Waals surface area (Å²) >= 11 is 0. The Balaban J connectivity index is 1.49. The molecule has 0 spiro atoms. The number of benzene rings is 1. The van der Waals surface area contributed by atoms with Crippen molar-refractivity contribution in [3.05, 3.63) is 47.5 Å². The molecule has 2 aromatic rings. The topological polar surface area (TPSA) is 69.0 Å². The van der Waals surface area contributed by atoms with Crippen LogP contribution < -0.4 is 5.32 Å². The minimum absolute atomic E-state index is 0.128. The Morgan fingerprint density at radius 3 is 2.92 bits per heavy atom. The van der Waals surface area contributed by atoms with Crippen LogP contribution in [0.2, 0.25) is 0 Å². The maximum absolute atomic E-state index is 12.2. The first-order chi connectivity index (χ1) is 11.7. The lowest BCUT2D eigenvalue weighted by molar-refractivity contribution is -0.132. The van der Waals surface area contributed by atoms with Crippen LogP contribution in [0.15, 0.2) is 30.3 Å². The highest BCUT2D eigenvalue weighted by Gasteiger charge is 2.17. The number of aromatic nitrogens is 3. The summed E-state index contributed by atoms with van der Waals surface area (Å²) < 4.78 is 7.78. The Morgan fingerprint density at radius 2 is 2.08 bits per heavy atom. The zero-order valence-electron chi connectivity index (χ0n) is 14.1. The third-order valence-electron chi connectivity index (χ3n) is 4.32. The molecule has 0 unspecified atom stereocenters. The summed E-state index contributed by atoms with van der Waals surface area (Å²) in [5.74, 6) is 1.73. The van der Waals surface area contributed by atoms with Gasteiger partial charge in [-0.15, -0.1) is 10.2 Å². The number of hydrogen-bond acceptors (Lipinski definition) is 4. The Morgan fingerprint density at radius 1 is 1.25 bits per heavy atom. The third kappa shape index (κ3) is 4.20. The number of rotatable bonds is 6. The van der Waals surface area contributed by atoms with Crippen molar-refractivity contribution in [2.75, 3.05) is 0 Å². The lowest BCUT2D eigenvalue weighted by Gasteiger charge is -2.14. The van der Waals surface area contributed by atoms with E-state index in [0.29, 0.717) is 13.2 Å². The molecule has 3 rings (SSSR count). The van der Waals surface area contributed by atoms with Gasteiger partial charge in [-0.05, 0) is 25.3 Å². The molecular weight excluding hydrogens is 304 g/mol. The van der Waals surface area contributed by atoms with Gasteiger partial charge in [0.15, 0.2) is 5.82 Å². The average Bonchev–Trinajstić information content (AvgIpc) is 2.84. The van der Waals surface area contributed by atoms with Crippen LogP contribution in [0.5, 0.6) is 0 Å². The van der Waals surface area contributed by atoms with Gasteiger partial charge in [-0.25, -0.2) is 0 Å². The summed E-state index contributed by atoms with van der Waals surface area (Å²) in [5.41, 5.74) is 1.06. The van der Waals surface area contributed by atoms with Crippen molar-refractivity contribution in [1.29, 1.82) is 0 Å². The first-order valence-electron chi connectivity index (χ1n) is 8.58. The Labute approximate surface area is 142 Å². The molecule has 0 fully saturated rings. The molecule has 1 N–H and O–H groups in total. The van der Waals surface area contributed by atoms with E-state index in [2.05, 4.69) is 20.1 Å². The first kappa shape index (κ1) is 16.6. The molecule has 1 aromatic heterocycles. The summed E-state index contributed by atoms with van der Waals surface area (Å²) in [6.45, 7) is 3.52. The van der Waals surface area contributed by atoms with E-state index >= 15 is 0 Å². The summed E-state index contributed by atoms with van der Waals surface area (Å²) in [6.07, 6.45) is 3.99. The van der Waals surface area contributed by atoms with Gasteiger partial charge in [0, 0.05) is 13.0 Å². The maximum Gasteiger partial charge on any atom is 0.249 e. The Bertz CT molecular complexity index is 669. The summed E-state index contributed by atoms with van der Waals surface area (Å²) in [6, 6.07) is 9.84. The smallest absolute Gasteiger partial charge is 0.249 e. The van der Waals surface area contributed by atoms with Crippen LogP contribution in [0.3, 0.4) is 0 Å². The van der Waals surface area contributed by atoms with Crippen molar-refractivity contribution < 1.29 is 9.53 Å². The number of carbonyl (C=O) groups is 1. The van der Waals surface area contributed by atoms with E-state index in [0.717, 1.165) is 43.0 Å². The number of fused-ring (bicyclic) bond motifs is 1. The van der Waals surface area contributed by atoms with Gasteiger partial charge in [0.2, 0.25) is 5.91 Å². The summed E-state index contributed by atoms with van der Waals surface area (Å²) in [5, 5.41) is 11.4. The molecule has 128 valence electrons. The van der Waals surface area contributed by atoms with Crippen molar-refractivity contribution in [2.45, 2.75) is 58.4 Å². The van der Waals surface area contributed by atoms with E-state index in [1.54, 1.807) is 6.92 Å². The molecule has 0 saturated carbocycles. The number of amides is 1. The normalized spacial score (nSPS) is 15.4.